The van der Waals surface area contributed by atoms with E-state index in [0.29, 0.717) is 23.2 Å². The van der Waals surface area contributed by atoms with Gasteiger partial charge in [0.25, 0.3) is 17.7 Å². The van der Waals surface area contributed by atoms with Crippen molar-refractivity contribution in [1.29, 1.82) is 0 Å². The zero-order chi connectivity index (χ0) is 22.8. The second-order valence-electron chi connectivity index (χ2n) is 7.99. The van der Waals surface area contributed by atoms with E-state index in [4.69, 9.17) is 0 Å². The molecule has 1 aliphatic heterocycles. The molecule has 2 N–H and O–H groups in total. The van der Waals surface area contributed by atoms with Crippen LogP contribution in [0.5, 0.6) is 0 Å². The van der Waals surface area contributed by atoms with Crippen molar-refractivity contribution in [2.45, 2.75) is 33.2 Å². The highest BCUT2D eigenvalue weighted by atomic mass is 16.2. The molecular weight excluding hydrogens is 402 g/mol. The van der Waals surface area contributed by atoms with Gasteiger partial charge in [-0.15, -0.1) is 0 Å². The maximum atomic E-state index is 13.0. The van der Waals surface area contributed by atoms with Crippen LogP contribution in [0.1, 0.15) is 56.9 Å². The number of carbonyl (C=O) groups is 3. The standard InChI is InChI=1S/C26H25N3O3/c1-4-17(3)29-25(31)20-14-11-18(15-21(20)26(29)32)24(30)28-23-8-6-5-7-22(23)27-19-12-9-16(2)10-13-19/h5-15,17,27H,4H2,1-3H3,(H,28,30). The number of rotatable bonds is 6. The van der Waals surface area contributed by atoms with Crippen LogP contribution < -0.4 is 10.6 Å². The molecule has 3 aromatic rings. The Morgan fingerprint density at radius 3 is 2.25 bits per heavy atom. The van der Waals surface area contributed by atoms with Gasteiger partial charge in [-0.1, -0.05) is 36.8 Å². The molecule has 0 radical (unpaired) electrons. The van der Waals surface area contributed by atoms with Crippen LogP contribution in [-0.4, -0.2) is 28.7 Å². The predicted molar refractivity (Wildman–Crippen MR) is 126 cm³/mol. The van der Waals surface area contributed by atoms with Gasteiger partial charge in [0, 0.05) is 17.3 Å². The van der Waals surface area contributed by atoms with Gasteiger partial charge in [0.05, 0.1) is 22.5 Å². The molecule has 4 rings (SSSR count). The lowest BCUT2D eigenvalue weighted by atomic mass is 10.1. The minimum atomic E-state index is -0.354. The van der Waals surface area contributed by atoms with Crippen LogP contribution in [0.2, 0.25) is 0 Å². The number of amides is 3. The zero-order valence-electron chi connectivity index (χ0n) is 18.3. The largest absolute Gasteiger partial charge is 0.354 e. The number of nitrogens with zero attached hydrogens (tertiary/aromatic N) is 1. The minimum Gasteiger partial charge on any atom is -0.354 e. The van der Waals surface area contributed by atoms with E-state index in [0.717, 1.165) is 16.9 Å². The van der Waals surface area contributed by atoms with Crippen molar-refractivity contribution in [3.63, 3.8) is 0 Å². The first-order chi connectivity index (χ1) is 15.4. The molecule has 32 heavy (non-hydrogen) atoms. The number of aryl methyl sites for hydroxylation is 1. The van der Waals surface area contributed by atoms with Crippen molar-refractivity contribution in [3.05, 3.63) is 89.0 Å². The molecule has 1 atom stereocenters. The lowest BCUT2D eigenvalue weighted by Gasteiger charge is -2.20. The molecule has 3 amide bonds. The first-order valence-corrected chi connectivity index (χ1v) is 10.6. The average molecular weight is 428 g/mol. The van der Waals surface area contributed by atoms with E-state index < -0.39 is 0 Å². The molecule has 0 spiro atoms. The molecule has 0 saturated carbocycles. The van der Waals surface area contributed by atoms with Crippen LogP contribution in [0.15, 0.2) is 66.7 Å². The molecule has 3 aromatic carbocycles. The molecule has 0 saturated heterocycles. The Morgan fingerprint density at radius 1 is 0.906 bits per heavy atom. The van der Waals surface area contributed by atoms with Crippen molar-refractivity contribution >= 4 is 34.8 Å². The summed E-state index contributed by atoms with van der Waals surface area (Å²) in [6, 6.07) is 19.8. The Morgan fingerprint density at radius 2 is 1.56 bits per heavy atom. The lowest BCUT2D eigenvalue weighted by molar-refractivity contribution is 0.0593. The SMILES string of the molecule is CCC(C)N1C(=O)c2ccc(C(=O)Nc3ccccc3Nc3ccc(C)cc3)cc2C1=O. The third-order valence-electron chi connectivity index (χ3n) is 5.72. The number of para-hydroxylation sites is 2. The minimum absolute atomic E-state index is 0.195. The first-order valence-electron chi connectivity index (χ1n) is 10.6. The molecule has 0 fully saturated rings. The summed E-state index contributed by atoms with van der Waals surface area (Å²) in [7, 11) is 0. The van der Waals surface area contributed by atoms with Crippen LogP contribution in [-0.2, 0) is 0 Å². The Labute approximate surface area is 187 Å². The average Bonchev–Trinajstić information content (AvgIpc) is 3.05. The van der Waals surface area contributed by atoms with Crippen molar-refractivity contribution in [1.82, 2.24) is 4.90 Å². The van der Waals surface area contributed by atoms with E-state index in [1.165, 1.54) is 11.0 Å². The summed E-state index contributed by atoms with van der Waals surface area (Å²) in [5.41, 5.74) is 4.36. The van der Waals surface area contributed by atoms with Crippen LogP contribution in [0.4, 0.5) is 17.1 Å². The van der Waals surface area contributed by atoms with Crippen molar-refractivity contribution in [3.8, 4) is 0 Å². The summed E-state index contributed by atoms with van der Waals surface area (Å²) in [6.07, 6.45) is 0.670. The van der Waals surface area contributed by atoms with Crippen LogP contribution in [0.3, 0.4) is 0 Å². The van der Waals surface area contributed by atoms with Crippen molar-refractivity contribution in [2.24, 2.45) is 0 Å². The van der Waals surface area contributed by atoms with Crippen molar-refractivity contribution in [2.75, 3.05) is 10.6 Å². The van der Waals surface area contributed by atoms with Crippen LogP contribution in [0.25, 0.3) is 0 Å². The third kappa shape index (κ3) is 3.99. The van der Waals surface area contributed by atoms with Gasteiger partial charge in [0.1, 0.15) is 0 Å². The Bertz CT molecular complexity index is 1200. The second-order valence-corrected chi connectivity index (χ2v) is 7.99. The molecule has 1 unspecified atom stereocenters. The van der Waals surface area contributed by atoms with Gasteiger partial charge in [-0.25, -0.2) is 0 Å². The van der Waals surface area contributed by atoms with E-state index in [9.17, 15) is 14.4 Å². The highest BCUT2D eigenvalue weighted by molar-refractivity contribution is 6.22. The lowest BCUT2D eigenvalue weighted by Crippen LogP contribution is -2.37. The number of imide groups is 1. The monoisotopic (exact) mass is 427 g/mol. The molecule has 0 aliphatic carbocycles. The van der Waals surface area contributed by atoms with Gasteiger partial charge in [-0.3, -0.25) is 19.3 Å². The summed E-state index contributed by atoms with van der Waals surface area (Å²) in [6.45, 7) is 5.79. The molecule has 1 aliphatic rings. The van der Waals surface area contributed by atoms with Crippen molar-refractivity contribution < 1.29 is 14.4 Å². The highest BCUT2D eigenvalue weighted by Crippen LogP contribution is 2.29. The maximum Gasteiger partial charge on any atom is 0.261 e. The van der Waals surface area contributed by atoms with E-state index in [1.54, 1.807) is 18.2 Å². The molecule has 0 bridgehead atoms. The van der Waals surface area contributed by atoms with Gasteiger partial charge >= 0.3 is 0 Å². The molecule has 6 heteroatoms. The summed E-state index contributed by atoms with van der Waals surface area (Å²) in [5, 5.41) is 6.23. The summed E-state index contributed by atoms with van der Waals surface area (Å²) in [4.78, 5) is 39.6. The number of hydrogen-bond acceptors (Lipinski definition) is 4. The molecule has 6 nitrogen and oxygen atoms in total. The summed E-state index contributed by atoms with van der Waals surface area (Å²) < 4.78 is 0. The maximum absolute atomic E-state index is 13.0. The third-order valence-corrected chi connectivity index (χ3v) is 5.72. The fourth-order valence-electron chi connectivity index (χ4n) is 3.67. The predicted octanol–water partition coefficient (Wildman–Crippen LogP) is 5.39. The number of hydrogen-bond donors (Lipinski definition) is 2. The Kier molecular flexibility index (Phi) is 5.77. The van der Waals surface area contributed by atoms with E-state index in [1.807, 2.05) is 63.2 Å². The first kappa shape index (κ1) is 21.3. The van der Waals surface area contributed by atoms with Crippen LogP contribution >= 0.6 is 0 Å². The molecule has 1 heterocycles. The number of carbonyl (C=O) groups excluding carboxylic acids is 3. The van der Waals surface area contributed by atoms with Crippen LogP contribution in [0, 0.1) is 6.92 Å². The molecule has 162 valence electrons. The fraction of sp³-hybridized carbons (Fsp3) is 0.192. The second kappa shape index (κ2) is 8.67. The summed E-state index contributed by atoms with van der Waals surface area (Å²) in [5.74, 6) is -1.01. The molecular formula is C26H25N3O3. The Balaban J connectivity index is 1.56. The molecule has 0 aromatic heterocycles. The van der Waals surface area contributed by atoms with Gasteiger partial charge in [0.2, 0.25) is 0 Å². The topological polar surface area (TPSA) is 78.5 Å². The fourth-order valence-corrected chi connectivity index (χ4v) is 3.67. The number of anilines is 3. The van der Waals surface area contributed by atoms with Gasteiger partial charge < -0.3 is 10.6 Å². The Hall–Kier alpha value is -3.93. The number of fused-ring (bicyclic) bond motifs is 1. The van der Waals surface area contributed by atoms with Gasteiger partial charge in [0.15, 0.2) is 0 Å². The van der Waals surface area contributed by atoms with E-state index >= 15 is 0 Å². The number of benzene rings is 3. The summed E-state index contributed by atoms with van der Waals surface area (Å²) >= 11 is 0. The highest BCUT2D eigenvalue weighted by Gasteiger charge is 2.38. The smallest absolute Gasteiger partial charge is 0.261 e. The number of nitrogens with one attached hydrogen (secondary N) is 2. The van der Waals surface area contributed by atoms with Gasteiger partial charge in [-0.2, -0.15) is 0 Å². The van der Waals surface area contributed by atoms with Gasteiger partial charge in [-0.05, 0) is 62.7 Å². The van der Waals surface area contributed by atoms with E-state index in [2.05, 4.69) is 10.6 Å². The zero-order valence-corrected chi connectivity index (χ0v) is 18.3. The van der Waals surface area contributed by atoms with E-state index in [-0.39, 0.29) is 29.3 Å². The quantitative estimate of drug-likeness (QED) is 0.517. The normalized spacial score (nSPS) is 13.7.